The molecule has 0 aliphatic rings. The summed E-state index contributed by atoms with van der Waals surface area (Å²) in [5, 5.41) is 19.1. The normalized spacial score (nSPS) is 7.83. The van der Waals surface area contributed by atoms with Gasteiger partial charge in [-0.15, -0.1) is 12.2 Å². The standard InChI is InChI=1S/2C4H6O3.2C3H7O.Ti/c2*1-3(5)7-4(2)6;2*1-3(2)4;/h2*1-2H3;2*3H,1-2H3;/q;;2*-1;+2. The van der Waals surface area contributed by atoms with Crippen LogP contribution in [0.5, 0.6) is 0 Å². The molecule has 0 saturated carbocycles. The summed E-state index contributed by atoms with van der Waals surface area (Å²) in [6.07, 6.45) is -0.833. The van der Waals surface area contributed by atoms with Crippen molar-refractivity contribution in [3.05, 3.63) is 0 Å². The van der Waals surface area contributed by atoms with E-state index in [1.807, 2.05) is 0 Å². The second-order valence-electron chi connectivity index (χ2n) is 4.27. The van der Waals surface area contributed by atoms with Gasteiger partial charge in [0.15, 0.2) is 0 Å². The average Bonchev–Trinajstić information content (AvgIpc) is 2.10. The minimum absolute atomic E-state index is 0. The number of carbonyl (C=O) groups is 4. The van der Waals surface area contributed by atoms with Crippen molar-refractivity contribution in [1.82, 2.24) is 0 Å². The Morgan fingerprint density at radius 2 is 0.696 bits per heavy atom. The molecule has 0 atom stereocenters. The number of ether oxygens (including phenoxy) is 2. The molecule has 0 aromatic rings. The monoisotopic (exact) mass is 370 g/mol. The number of rotatable bonds is 0. The van der Waals surface area contributed by atoms with Crippen molar-refractivity contribution in [3.63, 3.8) is 0 Å². The zero-order valence-electron chi connectivity index (χ0n) is 14.9. The van der Waals surface area contributed by atoms with Crippen LogP contribution in [0.3, 0.4) is 0 Å². The van der Waals surface area contributed by atoms with Crippen LogP contribution in [0.4, 0.5) is 0 Å². The summed E-state index contributed by atoms with van der Waals surface area (Å²) in [6, 6.07) is 0. The van der Waals surface area contributed by atoms with Crippen LogP contribution in [-0.2, 0) is 50.4 Å². The Bertz CT molecular complexity index is 265. The van der Waals surface area contributed by atoms with E-state index in [0.717, 1.165) is 0 Å². The zero-order valence-corrected chi connectivity index (χ0v) is 16.5. The molecule has 134 valence electrons. The van der Waals surface area contributed by atoms with Gasteiger partial charge >= 0.3 is 45.6 Å². The van der Waals surface area contributed by atoms with Crippen LogP contribution < -0.4 is 10.2 Å². The van der Waals surface area contributed by atoms with Crippen LogP contribution in [0, 0.1) is 0 Å². The largest absolute Gasteiger partial charge is 2.00 e. The molecule has 8 nitrogen and oxygen atoms in total. The van der Waals surface area contributed by atoms with Crippen LogP contribution >= 0.6 is 0 Å². The van der Waals surface area contributed by atoms with E-state index >= 15 is 0 Å². The van der Waals surface area contributed by atoms with Gasteiger partial charge in [-0.2, -0.15) is 0 Å². The Labute approximate surface area is 152 Å². The van der Waals surface area contributed by atoms with Crippen LogP contribution in [0.25, 0.3) is 0 Å². The molecule has 0 aliphatic heterocycles. The number of esters is 4. The first kappa shape index (κ1) is 33.5. The molecule has 0 N–H and O–H groups in total. The summed E-state index contributed by atoms with van der Waals surface area (Å²) in [4.78, 5) is 39.2. The summed E-state index contributed by atoms with van der Waals surface area (Å²) in [7, 11) is 0. The van der Waals surface area contributed by atoms with Gasteiger partial charge in [0.25, 0.3) is 0 Å². The third-order valence-corrected chi connectivity index (χ3v) is 0.575. The van der Waals surface area contributed by atoms with Gasteiger partial charge in [0.05, 0.1) is 0 Å². The molecule has 0 aromatic heterocycles. The molecule has 0 amide bonds. The van der Waals surface area contributed by atoms with Gasteiger partial charge in [0, 0.05) is 27.7 Å². The van der Waals surface area contributed by atoms with E-state index < -0.39 is 36.1 Å². The molecule has 23 heavy (non-hydrogen) atoms. The maximum Gasteiger partial charge on any atom is 2.00 e. The molecule has 0 fully saturated rings. The van der Waals surface area contributed by atoms with Gasteiger partial charge in [-0.3, -0.25) is 19.2 Å². The molecule has 0 bridgehead atoms. The quantitative estimate of drug-likeness (QED) is 0.322. The molecule has 0 spiro atoms. The van der Waals surface area contributed by atoms with E-state index in [1.165, 1.54) is 27.7 Å². The summed E-state index contributed by atoms with van der Waals surface area (Å²) < 4.78 is 7.94. The van der Waals surface area contributed by atoms with E-state index in [2.05, 4.69) is 9.47 Å². The third kappa shape index (κ3) is 157. The Balaban J connectivity index is -0.0000000639. The summed E-state index contributed by atoms with van der Waals surface area (Å²) >= 11 is 0. The van der Waals surface area contributed by atoms with E-state index in [-0.39, 0.29) is 21.7 Å². The molecule has 0 heterocycles. The summed E-state index contributed by atoms with van der Waals surface area (Å²) in [5.74, 6) is -2.25. The van der Waals surface area contributed by atoms with Crippen LogP contribution in [0.15, 0.2) is 0 Å². The van der Waals surface area contributed by atoms with Gasteiger partial charge in [0.1, 0.15) is 0 Å². The van der Waals surface area contributed by atoms with E-state index in [0.29, 0.717) is 0 Å². The van der Waals surface area contributed by atoms with Gasteiger partial charge in [-0.25, -0.2) is 0 Å². The second-order valence-corrected chi connectivity index (χ2v) is 4.27. The summed E-state index contributed by atoms with van der Waals surface area (Å²) in [6.45, 7) is 11.2. The van der Waals surface area contributed by atoms with Crippen molar-refractivity contribution in [2.75, 3.05) is 0 Å². The van der Waals surface area contributed by atoms with Crippen molar-refractivity contribution in [2.24, 2.45) is 0 Å². The molecule has 0 unspecified atom stereocenters. The Hall–Kier alpha value is -1.09. The maximum atomic E-state index is 9.81. The van der Waals surface area contributed by atoms with Crippen LogP contribution in [0.2, 0.25) is 0 Å². The Morgan fingerprint density at radius 3 is 0.696 bits per heavy atom. The number of hydrogen-bond acceptors (Lipinski definition) is 8. The smallest absolute Gasteiger partial charge is 0.852 e. The fraction of sp³-hybridized carbons (Fsp3) is 0.714. The predicted molar refractivity (Wildman–Crippen MR) is 75.2 cm³/mol. The van der Waals surface area contributed by atoms with Crippen molar-refractivity contribution >= 4 is 23.9 Å². The van der Waals surface area contributed by atoms with Gasteiger partial charge in [-0.1, -0.05) is 27.7 Å². The average molecular weight is 370 g/mol. The maximum absolute atomic E-state index is 9.81. The molecule has 0 rings (SSSR count). The molecule has 0 radical (unpaired) electrons. The molecule has 0 aromatic carbocycles. The molecular weight excluding hydrogens is 344 g/mol. The van der Waals surface area contributed by atoms with Gasteiger partial charge in [-0.05, 0) is 0 Å². The van der Waals surface area contributed by atoms with Crippen molar-refractivity contribution in [2.45, 2.75) is 67.6 Å². The van der Waals surface area contributed by atoms with Gasteiger partial charge in [0.2, 0.25) is 0 Å². The molecule has 9 heteroatoms. The topological polar surface area (TPSA) is 133 Å². The number of carbonyl (C=O) groups excluding carboxylic acids is 4. The van der Waals surface area contributed by atoms with Crippen molar-refractivity contribution in [1.29, 1.82) is 0 Å². The Kier molecular flexibility index (Phi) is 33.8. The van der Waals surface area contributed by atoms with Crippen molar-refractivity contribution in [3.8, 4) is 0 Å². The van der Waals surface area contributed by atoms with Gasteiger partial charge < -0.3 is 19.7 Å². The first-order chi connectivity index (χ1) is 9.72. The zero-order chi connectivity index (χ0) is 18.9. The minimum Gasteiger partial charge on any atom is -0.852 e. The fourth-order valence-electron chi connectivity index (χ4n) is 0.405. The number of hydrogen-bond donors (Lipinski definition) is 0. The summed E-state index contributed by atoms with van der Waals surface area (Å²) in [5.41, 5.74) is 0. The minimum atomic E-state index is -0.562. The van der Waals surface area contributed by atoms with E-state index in [9.17, 15) is 29.4 Å². The molecular formula is C14H26O8Ti. The first-order valence-electron chi connectivity index (χ1n) is 6.41. The predicted octanol–water partition coefficient (Wildman–Crippen LogP) is -0.300. The van der Waals surface area contributed by atoms with E-state index in [1.54, 1.807) is 27.7 Å². The first-order valence-corrected chi connectivity index (χ1v) is 6.41. The SMILES string of the molecule is CC(=O)OC(C)=O.CC(=O)OC(C)=O.CC(C)[O-].CC(C)[O-].[Ti+2]. The van der Waals surface area contributed by atoms with Crippen LogP contribution in [-0.4, -0.2) is 36.1 Å². The molecule has 0 aliphatic carbocycles. The second kappa shape index (κ2) is 23.2. The fourth-order valence-corrected chi connectivity index (χ4v) is 0.405. The van der Waals surface area contributed by atoms with Crippen molar-refractivity contribution < 1.29 is 60.6 Å². The van der Waals surface area contributed by atoms with E-state index in [4.69, 9.17) is 0 Å². The molecule has 0 saturated heterocycles. The van der Waals surface area contributed by atoms with Crippen LogP contribution in [0.1, 0.15) is 55.4 Å². The third-order valence-electron chi connectivity index (χ3n) is 0.575. The Morgan fingerprint density at radius 1 is 0.609 bits per heavy atom.